The minimum atomic E-state index is -1.07. The molecule has 0 bridgehead atoms. The second kappa shape index (κ2) is 9.16. The van der Waals surface area contributed by atoms with Crippen LogP contribution in [0.15, 0.2) is 0 Å². The molecule has 2 radical (unpaired) electrons. The van der Waals surface area contributed by atoms with Crippen molar-refractivity contribution in [2.45, 2.75) is 12.1 Å². The quantitative estimate of drug-likeness (QED) is 0.372. The smallest absolute Gasteiger partial charge is 0.321 e. The summed E-state index contributed by atoms with van der Waals surface area (Å²) in [6.07, 6.45) is 0. The average Bonchev–Trinajstić information content (AvgIpc) is 2.11. The van der Waals surface area contributed by atoms with E-state index in [2.05, 4.69) is 0 Å². The average molecular weight is 272 g/mol. The van der Waals surface area contributed by atoms with E-state index in [-0.39, 0.29) is 25.0 Å². The molecular formula is C6H12N2O4S3. The van der Waals surface area contributed by atoms with Crippen LogP contribution in [0.25, 0.3) is 0 Å². The highest BCUT2D eigenvalue weighted by Crippen LogP contribution is 2.22. The normalized spacial score (nSPS) is 13.7. The maximum absolute atomic E-state index is 10.3. The first-order valence-corrected chi connectivity index (χ1v) is 6.15. The maximum Gasteiger partial charge on any atom is 0.321 e. The highest BCUT2D eigenvalue weighted by molar-refractivity contribution is 8.76. The Morgan fingerprint density at radius 2 is 1.27 bits per heavy atom. The van der Waals surface area contributed by atoms with Gasteiger partial charge in [-0.3, -0.25) is 9.59 Å². The van der Waals surface area contributed by atoms with Gasteiger partial charge in [0.05, 0.1) is 0 Å². The van der Waals surface area contributed by atoms with Crippen LogP contribution in [0.3, 0.4) is 0 Å². The number of nitrogens with two attached hydrogens (primary N) is 2. The van der Waals surface area contributed by atoms with Crippen molar-refractivity contribution in [1.29, 1.82) is 0 Å². The van der Waals surface area contributed by atoms with E-state index >= 15 is 0 Å². The van der Waals surface area contributed by atoms with Gasteiger partial charge in [0.2, 0.25) is 0 Å². The third kappa shape index (κ3) is 8.88. The highest BCUT2D eigenvalue weighted by Gasteiger charge is 2.14. The molecule has 0 amide bonds. The standard InChI is InChI=1S/C6H12N2O4S2.S/c7-3(5(9)10)1-13-14-2-4(8)6(11)12;/h3-4H,1-2,7-8H2,(H,9,10)(H,11,12);/t3-,4?;/m0./s1. The van der Waals surface area contributed by atoms with Crippen molar-refractivity contribution in [3.8, 4) is 0 Å². The number of hydrogen-bond donors (Lipinski definition) is 4. The maximum atomic E-state index is 10.3. The monoisotopic (exact) mass is 272 g/mol. The third-order valence-corrected chi connectivity index (χ3v) is 3.69. The third-order valence-electron chi connectivity index (χ3n) is 1.21. The zero-order valence-corrected chi connectivity index (χ0v) is 10.1. The Morgan fingerprint density at radius 1 is 1.00 bits per heavy atom. The van der Waals surface area contributed by atoms with Crippen LogP contribution in [0.1, 0.15) is 0 Å². The molecule has 0 aromatic rings. The topological polar surface area (TPSA) is 127 Å². The fourth-order valence-corrected chi connectivity index (χ4v) is 2.61. The van der Waals surface area contributed by atoms with E-state index in [1.54, 1.807) is 0 Å². The number of carboxylic acids is 2. The van der Waals surface area contributed by atoms with E-state index in [1.165, 1.54) is 21.6 Å². The van der Waals surface area contributed by atoms with E-state index in [1.807, 2.05) is 0 Å². The molecule has 0 fully saturated rings. The predicted octanol–water partition coefficient (Wildman–Crippen LogP) is -0.160. The summed E-state index contributed by atoms with van der Waals surface area (Å²) >= 11 is 0. The molecule has 0 spiro atoms. The van der Waals surface area contributed by atoms with Crippen LogP contribution in [0.2, 0.25) is 0 Å². The molecule has 0 saturated heterocycles. The summed E-state index contributed by atoms with van der Waals surface area (Å²) < 4.78 is 0. The van der Waals surface area contributed by atoms with Gasteiger partial charge < -0.3 is 21.7 Å². The Bertz CT molecular complexity index is 195. The lowest BCUT2D eigenvalue weighted by atomic mass is 10.4. The van der Waals surface area contributed by atoms with Gasteiger partial charge in [0.15, 0.2) is 0 Å². The van der Waals surface area contributed by atoms with Gasteiger partial charge in [-0.25, -0.2) is 0 Å². The first-order chi connectivity index (χ1) is 6.45. The van der Waals surface area contributed by atoms with Gasteiger partial charge in [-0.1, -0.05) is 21.6 Å². The number of rotatable bonds is 7. The molecule has 15 heavy (non-hydrogen) atoms. The van der Waals surface area contributed by atoms with E-state index in [0.29, 0.717) is 0 Å². The van der Waals surface area contributed by atoms with Crippen LogP contribution in [-0.2, 0) is 9.59 Å². The lowest BCUT2D eigenvalue weighted by molar-refractivity contribution is -0.138. The van der Waals surface area contributed by atoms with Crippen LogP contribution in [0.5, 0.6) is 0 Å². The molecule has 0 aliphatic carbocycles. The van der Waals surface area contributed by atoms with Crippen molar-refractivity contribution in [1.82, 2.24) is 0 Å². The summed E-state index contributed by atoms with van der Waals surface area (Å²) in [5, 5.41) is 16.8. The van der Waals surface area contributed by atoms with E-state index in [9.17, 15) is 9.59 Å². The molecule has 0 aromatic carbocycles. The number of aliphatic carboxylic acids is 2. The first-order valence-electron chi connectivity index (χ1n) is 3.66. The number of hydrogen-bond acceptors (Lipinski definition) is 6. The van der Waals surface area contributed by atoms with Crippen LogP contribution >= 0.6 is 35.1 Å². The zero-order valence-electron chi connectivity index (χ0n) is 7.66. The van der Waals surface area contributed by atoms with E-state index in [0.717, 1.165) is 0 Å². The SMILES string of the molecule is NC(CSSC[C@H](N)C(=O)O)C(=O)O.[S]. The van der Waals surface area contributed by atoms with Crippen molar-refractivity contribution in [2.75, 3.05) is 11.5 Å². The molecule has 0 heterocycles. The van der Waals surface area contributed by atoms with Gasteiger partial charge >= 0.3 is 11.9 Å². The zero-order chi connectivity index (χ0) is 11.1. The van der Waals surface area contributed by atoms with Crippen molar-refractivity contribution in [3.63, 3.8) is 0 Å². The van der Waals surface area contributed by atoms with Gasteiger partial charge in [-0.2, -0.15) is 0 Å². The molecule has 0 saturated carbocycles. The highest BCUT2D eigenvalue weighted by atomic mass is 33.1. The molecule has 6 N–H and O–H groups in total. The van der Waals surface area contributed by atoms with Gasteiger partial charge in [0.25, 0.3) is 0 Å². The second-order valence-corrected chi connectivity index (χ2v) is 5.01. The summed E-state index contributed by atoms with van der Waals surface area (Å²) in [6.45, 7) is 0. The molecule has 9 heteroatoms. The van der Waals surface area contributed by atoms with Crippen LogP contribution in [-0.4, -0.2) is 45.7 Å². The predicted molar refractivity (Wildman–Crippen MR) is 63.7 cm³/mol. The summed E-state index contributed by atoms with van der Waals surface area (Å²) in [4.78, 5) is 20.5. The molecule has 1 unspecified atom stereocenters. The summed E-state index contributed by atoms with van der Waals surface area (Å²) in [6, 6.07) is -1.85. The Hall–Kier alpha value is -0.0900. The van der Waals surface area contributed by atoms with Gasteiger partial charge in [-0.05, 0) is 0 Å². The minimum absolute atomic E-state index is 0. The lowest BCUT2D eigenvalue weighted by Crippen LogP contribution is -2.33. The summed E-state index contributed by atoms with van der Waals surface area (Å²) in [5.41, 5.74) is 10.4. The van der Waals surface area contributed by atoms with Gasteiger partial charge in [0.1, 0.15) is 12.1 Å². The molecule has 88 valence electrons. The van der Waals surface area contributed by atoms with Crippen LogP contribution < -0.4 is 11.5 Å². The van der Waals surface area contributed by atoms with Crippen molar-refractivity contribution < 1.29 is 19.8 Å². The van der Waals surface area contributed by atoms with E-state index in [4.69, 9.17) is 21.7 Å². The second-order valence-electron chi connectivity index (χ2n) is 2.46. The first kappa shape index (κ1) is 17.3. The Labute approximate surface area is 102 Å². The molecule has 6 nitrogen and oxygen atoms in total. The Morgan fingerprint density at radius 3 is 1.47 bits per heavy atom. The van der Waals surface area contributed by atoms with E-state index < -0.39 is 24.0 Å². The largest absolute Gasteiger partial charge is 0.480 e. The lowest BCUT2D eigenvalue weighted by Gasteiger charge is -2.07. The Kier molecular flexibility index (Phi) is 10.6. The summed E-state index contributed by atoms with van der Waals surface area (Å²) in [7, 11) is 2.41. The van der Waals surface area contributed by atoms with Crippen LogP contribution in [0, 0.1) is 0 Å². The molecule has 0 aliphatic rings. The van der Waals surface area contributed by atoms with Crippen LogP contribution in [0.4, 0.5) is 0 Å². The number of carbonyl (C=O) groups is 2. The van der Waals surface area contributed by atoms with Crippen molar-refractivity contribution in [2.24, 2.45) is 11.5 Å². The fourth-order valence-electron chi connectivity index (χ4n) is 0.385. The minimum Gasteiger partial charge on any atom is -0.480 e. The van der Waals surface area contributed by atoms with Gasteiger partial charge in [-0.15, -0.1) is 0 Å². The van der Waals surface area contributed by atoms with Gasteiger partial charge in [0, 0.05) is 25.0 Å². The molecular weight excluding hydrogens is 260 g/mol. The molecule has 2 atom stereocenters. The molecule has 0 aromatic heterocycles. The molecule has 0 aliphatic heterocycles. The Balaban J connectivity index is 0. The van der Waals surface area contributed by atoms with Crippen molar-refractivity contribution in [3.05, 3.63) is 0 Å². The van der Waals surface area contributed by atoms with Crippen molar-refractivity contribution >= 4 is 47.0 Å². The fraction of sp³-hybridized carbons (Fsp3) is 0.667. The number of carboxylic acid groups (broad SMARTS) is 2. The summed E-state index contributed by atoms with van der Waals surface area (Å²) in [5.74, 6) is -1.68. The molecule has 0 rings (SSSR count).